The second kappa shape index (κ2) is 5.56. The number of aliphatic hydroxyl groups excluding tert-OH is 1. The van der Waals surface area contributed by atoms with Gasteiger partial charge in [0, 0.05) is 19.2 Å². The molecule has 0 radical (unpaired) electrons. The van der Waals surface area contributed by atoms with E-state index in [4.69, 9.17) is 5.11 Å². The van der Waals surface area contributed by atoms with Crippen LogP contribution in [0.15, 0.2) is 0 Å². The molecule has 0 aliphatic heterocycles. The minimum Gasteiger partial charge on any atom is -0.396 e. The van der Waals surface area contributed by atoms with Crippen LogP contribution in [0.25, 0.3) is 0 Å². The fourth-order valence-corrected chi connectivity index (χ4v) is 1.03. The van der Waals surface area contributed by atoms with Gasteiger partial charge in [0.15, 0.2) is 0 Å². The van der Waals surface area contributed by atoms with Gasteiger partial charge in [-0.15, -0.1) is 0 Å². The third-order valence-electron chi connectivity index (χ3n) is 2.33. The highest BCUT2D eigenvalue weighted by Crippen LogP contribution is 2.07. The van der Waals surface area contributed by atoms with Crippen LogP contribution in [0.4, 0.5) is 0 Å². The Balaban J connectivity index is 3.55. The summed E-state index contributed by atoms with van der Waals surface area (Å²) in [6.07, 6.45) is 0.883. The lowest BCUT2D eigenvalue weighted by Gasteiger charge is -2.27. The summed E-state index contributed by atoms with van der Waals surface area (Å²) in [4.78, 5) is 2.29. The molecule has 0 heterocycles. The molecule has 0 aromatic heterocycles. The van der Waals surface area contributed by atoms with Crippen molar-refractivity contribution in [3.8, 4) is 0 Å². The van der Waals surface area contributed by atoms with E-state index in [1.807, 2.05) is 0 Å². The van der Waals surface area contributed by atoms with Gasteiger partial charge in [-0.1, -0.05) is 13.8 Å². The maximum atomic E-state index is 8.61. The second-order valence-electron chi connectivity index (χ2n) is 3.54. The minimum atomic E-state index is 0.301. The summed E-state index contributed by atoms with van der Waals surface area (Å²) < 4.78 is 0. The normalized spacial score (nSPS) is 14.5. The highest BCUT2D eigenvalue weighted by Gasteiger charge is 2.11. The van der Waals surface area contributed by atoms with Crippen LogP contribution in [0.1, 0.15) is 27.2 Å². The Hall–Kier alpha value is -0.0800. The van der Waals surface area contributed by atoms with Gasteiger partial charge >= 0.3 is 0 Å². The predicted molar refractivity (Wildman–Crippen MR) is 48.6 cm³/mol. The van der Waals surface area contributed by atoms with Crippen LogP contribution in [0.5, 0.6) is 0 Å². The van der Waals surface area contributed by atoms with Gasteiger partial charge in [0.1, 0.15) is 0 Å². The topological polar surface area (TPSA) is 23.5 Å². The Morgan fingerprint density at radius 1 is 1.27 bits per heavy atom. The monoisotopic (exact) mass is 159 g/mol. The highest BCUT2D eigenvalue weighted by molar-refractivity contribution is 4.66. The van der Waals surface area contributed by atoms with E-state index in [1.165, 1.54) is 0 Å². The zero-order valence-electron chi connectivity index (χ0n) is 8.17. The smallest absolute Gasteiger partial charge is 0.0443 e. The fraction of sp³-hybridized carbons (Fsp3) is 1.00. The molecule has 1 unspecified atom stereocenters. The predicted octanol–water partition coefficient (Wildman–Crippen LogP) is 1.35. The molecule has 0 fully saturated rings. The van der Waals surface area contributed by atoms with E-state index in [1.54, 1.807) is 0 Å². The molecule has 68 valence electrons. The van der Waals surface area contributed by atoms with Gasteiger partial charge in [0.05, 0.1) is 0 Å². The number of nitrogens with zero attached hydrogens (tertiary/aromatic N) is 1. The van der Waals surface area contributed by atoms with Crippen molar-refractivity contribution in [3.05, 3.63) is 0 Å². The largest absolute Gasteiger partial charge is 0.396 e. The molecule has 0 saturated heterocycles. The number of aliphatic hydroxyl groups is 1. The summed E-state index contributed by atoms with van der Waals surface area (Å²) in [5.74, 6) is 0.693. The third kappa shape index (κ3) is 4.38. The lowest BCUT2D eigenvalue weighted by molar-refractivity contribution is 0.184. The van der Waals surface area contributed by atoms with Crippen LogP contribution in [-0.4, -0.2) is 36.2 Å². The van der Waals surface area contributed by atoms with Crippen molar-refractivity contribution >= 4 is 0 Å². The van der Waals surface area contributed by atoms with E-state index < -0.39 is 0 Å². The van der Waals surface area contributed by atoms with Crippen LogP contribution < -0.4 is 0 Å². The Bertz CT molecular complexity index is 93.6. The molecule has 11 heavy (non-hydrogen) atoms. The molecule has 0 amide bonds. The zero-order valence-corrected chi connectivity index (χ0v) is 8.17. The van der Waals surface area contributed by atoms with Crippen LogP contribution >= 0.6 is 0 Å². The van der Waals surface area contributed by atoms with Crippen LogP contribution in [-0.2, 0) is 0 Å². The van der Waals surface area contributed by atoms with Crippen LogP contribution in [0, 0.1) is 5.92 Å². The molecule has 0 aliphatic rings. The molecule has 0 aliphatic carbocycles. The van der Waals surface area contributed by atoms with E-state index in [9.17, 15) is 0 Å². The van der Waals surface area contributed by atoms with Crippen molar-refractivity contribution in [3.63, 3.8) is 0 Å². The summed E-state index contributed by atoms with van der Waals surface area (Å²) in [5, 5.41) is 8.61. The fourth-order valence-electron chi connectivity index (χ4n) is 1.03. The molecule has 0 saturated carbocycles. The van der Waals surface area contributed by atoms with Crippen molar-refractivity contribution in [2.24, 2.45) is 5.92 Å². The van der Waals surface area contributed by atoms with E-state index in [2.05, 4.69) is 32.7 Å². The first kappa shape index (κ1) is 10.9. The van der Waals surface area contributed by atoms with Crippen LogP contribution in [0.3, 0.4) is 0 Å². The summed E-state index contributed by atoms with van der Waals surface area (Å²) in [5.41, 5.74) is 0. The van der Waals surface area contributed by atoms with Gasteiger partial charge in [-0.2, -0.15) is 0 Å². The molecule has 0 aromatic carbocycles. The Kier molecular flexibility index (Phi) is 5.51. The lowest BCUT2D eigenvalue weighted by Crippen LogP contribution is -2.34. The summed E-state index contributed by atoms with van der Waals surface area (Å²) in [6.45, 7) is 7.97. The first-order chi connectivity index (χ1) is 5.09. The van der Waals surface area contributed by atoms with E-state index >= 15 is 0 Å². The average molecular weight is 159 g/mol. The maximum absolute atomic E-state index is 8.61. The van der Waals surface area contributed by atoms with E-state index in [0.29, 0.717) is 18.6 Å². The van der Waals surface area contributed by atoms with Crippen molar-refractivity contribution in [2.75, 3.05) is 20.2 Å². The molecular weight excluding hydrogens is 138 g/mol. The molecule has 0 rings (SSSR count). The van der Waals surface area contributed by atoms with Crippen molar-refractivity contribution in [1.82, 2.24) is 4.90 Å². The zero-order chi connectivity index (χ0) is 8.85. The lowest BCUT2D eigenvalue weighted by atomic mass is 10.1. The minimum absolute atomic E-state index is 0.301. The second-order valence-corrected chi connectivity index (χ2v) is 3.54. The van der Waals surface area contributed by atoms with Crippen molar-refractivity contribution in [2.45, 2.75) is 33.2 Å². The molecule has 0 bridgehead atoms. The van der Waals surface area contributed by atoms with E-state index in [0.717, 1.165) is 13.0 Å². The molecule has 1 atom stereocenters. The SMILES string of the molecule is CC(C)C(C)N(C)CCCO. The number of hydrogen-bond acceptors (Lipinski definition) is 2. The van der Waals surface area contributed by atoms with Gasteiger partial charge in [-0.25, -0.2) is 0 Å². The Labute approximate surface area is 70.2 Å². The van der Waals surface area contributed by atoms with Gasteiger partial charge in [-0.3, -0.25) is 0 Å². The third-order valence-corrected chi connectivity index (χ3v) is 2.33. The highest BCUT2D eigenvalue weighted by atomic mass is 16.3. The van der Waals surface area contributed by atoms with Crippen molar-refractivity contribution in [1.29, 1.82) is 0 Å². The maximum Gasteiger partial charge on any atom is 0.0443 e. The molecule has 1 N–H and O–H groups in total. The van der Waals surface area contributed by atoms with Gasteiger partial charge in [0.25, 0.3) is 0 Å². The average Bonchev–Trinajstić information content (AvgIpc) is 1.98. The van der Waals surface area contributed by atoms with Crippen LogP contribution in [0.2, 0.25) is 0 Å². The first-order valence-corrected chi connectivity index (χ1v) is 4.40. The molecule has 2 heteroatoms. The molecule has 2 nitrogen and oxygen atoms in total. The first-order valence-electron chi connectivity index (χ1n) is 4.40. The Morgan fingerprint density at radius 3 is 2.18 bits per heavy atom. The van der Waals surface area contributed by atoms with Gasteiger partial charge < -0.3 is 10.0 Å². The number of rotatable bonds is 5. The van der Waals surface area contributed by atoms with E-state index in [-0.39, 0.29) is 0 Å². The molecular formula is C9H21NO. The van der Waals surface area contributed by atoms with Gasteiger partial charge in [0.2, 0.25) is 0 Å². The summed E-state index contributed by atoms with van der Waals surface area (Å²) in [6, 6.07) is 0.613. The quantitative estimate of drug-likeness (QED) is 0.654. The molecule has 0 aromatic rings. The van der Waals surface area contributed by atoms with Crippen molar-refractivity contribution < 1.29 is 5.11 Å². The molecule has 0 spiro atoms. The summed E-state index contributed by atoms with van der Waals surface area (Å²) in [7, 11) is 2.11. The standard InChI is InChI=1S/C9H21NO/c1-8(2)9(3)10(4)6-5-7-11/h8-9,11H,5-7H2,1-4H3. The summed E-state index contributed by atoms with van der Waals surface area (Å²) >= 11 is 0. The Morgan fingerprint density at radius 2 is 1.82 bits per heavy atom. The number of hydrogen-bond donors (Lipinski definition) is 1. The van der Waals surface area contributed by atoms with Gasteiger partial charge in [-0.05, 0) is 26.3 Å².